The highest BCUT2D eigenvalue weighted by molar-refractivity contribution is 6.18. The molecule has 122 valence electrons. The van der Waals surface area contributed by atoms with E-state index in [1.54, 1.807) is 0 Å². The molecule has 8 nitrogen and oxygen atoms in total. The molecule has 0 aliphatic carbocycles. The number of nitrogens with two attached hydrogens (primary N) is 3. The van der Waals surface area contributed by atoms with Gasteiger partial charge >= 0.3 is 0 Å². The lowest BCUT2D eigenvalue weighted by Gasteiger charge is -2.21. The average Bonchev–Trinajstić information content (AvgIpc) is 2.52. The number of alkyl halides is 1. The van der Waals surface area contributed by atoms with Crippen molar-refractivity contribution in [3.63, 3.8) is 0 Å². The largest absolute Gasteiger partial charge is 0.382 e. The lowest BCUT2D eigenvalue weighted by molar-refractivity contribution is 0.870. The molecule has 0 aliphatic rings. The molecule has 6 N–H and O–H groups in total. The zero-order valence-electron chi connectivity index (χ0n) is 12.8. The Labute approximate surface area is 139 Å². The van der Waals surface area contributed by atoms with E-state index in [1.165, 1.54) is 0 Å². The molecule has 1 aromatic carbocycles. The third-order valence-electron chi connectivity index (χ3n) is 3.17. The Morgan fingerprint density at radius 2 is 1.65 bits per heavy atom. The minimum Gasteiger partial charge on any atom is -0.382 e. The normalized spacial score (nSPS) is 11.0. The summed E-state index contributed by atoms with van der Waals surface area (Å²) in [5.74, 6) is 0.761. The van der Waals surface area contributed by atoms with Crippen LogP contribution < -0.4 is 22.1 Å². The summed E-state index contributed by atoms with van der Waals surface area (Å²) in [5.41, 5.74) is 18.8. The van der Waals surface area contributed by atoms with Crippen molar-refractivity contribution in [3.05, 3.63) is 24.3 Å². The number of rotatable bonds is 6. The molecule has 9 heteroatoms. The van der Waals surface area contributed by atoms with Crippen LogP contribution in [-0.4, -0.2) is 28.9 Å². The molecule has 1 aromatic heterocycles. The van der Waals surface area contributed by atoms with E-state index in [0.29, 0.717) is 11.6 Å². The molecule has 1 heterocycles. The molecule has 0 saturated carbocycles. The Hall–Kier alpha value is -2.61. The van der Waals surface area contributed by atoms with Crippen LogP contribution in [-0.2, 0) is 0 Å². The van der Waals surface area contributed by atoms with Crippen LogP contribution in [0.2, 0.25) is 0 Å². The van der Waals surface area contributed by atoms with Crippen molar-refractivity contribution in [2.24, 2.45) is 10.2 Å². The first-order valence-corrected chi connectivity index (χ1v) is 7.59. The van der Waals surface area contributed by atoms with Gasteiger partial charge in [0.25, 0.3) is 0 Å². The van der Waals surface area contributed by atoms with Gasteiger partial charge in [-0.3, -0.25) is 0 Å². The summed E-state index contributed by atoms with van der Waals surface area (Å²) >= 11 is 5.79. The first-order valence-electron chi connectivity index (χ1n) is 7.06. The van der Waals surface area contributed by atoms with Gasteiger partial charge in [0.2, 0.25) is 5.95 Å². The highest BCUT2D eigenvalue weighted by atomic mass is 35.5. The Bertz CT molecular complexity index is 663. The molecular formula is C14H19ClN8. The number of nitrogen functional groups attached to an aromatic ring is 3. The molecule has 0 atom stereocenters. The Balaban J connectivity index is 2.18. The molecule has 0 fully saturated rings. The second-order valence-corrected chi connectivity index (χ2v) is 5.06. The summed E-state index contributed by atoms with van der Waals surface area (Å²) in [6.07, 6.45) is 0. The number of anilines is 4. The smallest absolute Gasteiger partial charge is 0.224 e. The molecule has 2 rings (SSSR count). The van der Waals surface area contributed by atoms with Crippen molar-refractivity contribution >= 4 is 46.2 Å². The summed E-state index contributed by atoms with van der Waals surface area (Å²) < 4.78 is 0. The minimum absolute atomic E-state index is 0.00208. The summed E-state index contributed by atoms with van der Waals surface area (Å²) in [7, 11) is 0. The maximum absolute atomic E-state index is 5.79. The fourth-order valence-electron chi connectivity index (χ4n) is 2.02. The van der Waals surface area contributed by atoms with E-state index in [0.717, 1.165) is 18.8 Å². The molecule has 0 bridgehead atoms. The van der Waals surface area contributed by atoms with Gasteiger partial charge in [-0.1, -0.05) is 0 Å². The third kappa shape index (κ3) is 4.19. The van der Waals surface area contributed by atoms with Gasteiger partial charge in [0, 0.05) is 24.7 Å². The van der Waals surface area contributed by atoms with Gasteiger partial charge in [0.05, 0.1) is 5.69 Å². The highest BCUT2D eigenvalue weighted by Gasteiger charge is 2.08. The van der Waals surface area contributed by atoms with Crippen molar-refractivity contribution in [2.45, 2.75) is 6.92 Å². The van der Waals surface area contributed by atoms with Gasteiger partial charge < -0.3 is 22.1 Å². The van der Waals surface area contributed by atoms with E-state index in [1.807, 2.05) is 24.3 Å². The van der Waals surface area contributed by atoms with Crippen molar-refractivity contribution in [2.75, 3.05) is 41.1 Å². The minimum atomic E-state index is 0.00208. The highest BCUT2D eigenvalue weighted by Crippen LogP contribution is 2.29. The number of halogens is 1. The number of benzene rings is 1. The number of hydrogen-bond acceptors (Lipinski definition) is 8. The third-order valence-corrected chi connectivity index (χ3v) is 3.34. The average molecular weight is 335 g/mol. The number of nitrogens with zero attached hydrogens (tertiary/aromatic N) is 5. The first kappa shape index (κ1) is 16.8. The lowest BCUT2D eigenvalue weighted by Crippen LogP contribution is -2.24. The van der Waals surface area contributed by atoms with Gasteiger partial charge in [0.1, 0.15) is 0 Å². The fraction of sp³-hybridized carbons (Fsp3) is 0.286. The van der Waals surface area contributed by atoms with E-state index in [2.05, 4.69) is 32.0 Å². The van der Waals surface area contributed by atoms with Gasteiger partial charge in [-0.15, -0.1) is 16.7 Å². The maximum atomic E-state index is 5.79. The van der Waals surface area contributed by atoms with E-state index < -0.39 is 0 Å². The van der Waals surface area contributed by atoms with Crippen LogP contribution in [0.1, 0.15) is 6.92 Å². The van der Waals surface area contributed by atoms with Gasteiger partial charge in [0.15, 0.2) is 17.3 Å². The first-order chi connectivity index (χ1) is 11.0. The van der Waals surface area contributed by atoms with Crippen molar-refractivity contribution in [3.8, 4) is 0 Å². The number of azo groups is 1. The molecular weight excluding hydrogens is 316 g/mol. The monoisotopic (exact) mass is 334 g/mol. The Kier molecular flexibility index (Phi) is 5.53. The lowest BCUT2D eigenvalue weighted by atomic mass is 10.2. The molecule has 0 aliphatic heterocycles. The predicted octanol–water partition coefficient (Wildman–Crippen LogP) is 2.70. The SMILES string of the molecule is CCN(CCCl)c1ccc(N=Nc2c(N)nc(N)nc2N)cc1. The molecule has 23 heavy (non-hydrogen) atoms. The molecule has 0 saturated heterocycles. The second-order valence-electron chi connectivity index (χ2n) is 4.69. The molecule has 0 unspecified atom stereocenters. The topological polar surface area (TPSA) is 132 Å². The molecule has 0 amide bonds. The maximum Gasteiger partial charge on any atom is 0.224 e. The second kappa shape index (κ2) is 7.59. The summed E-state index contributed by atoms with van der Waals surface area (Å²) in [5, 5.41) is 8.11. The van der Waals surface area contributed by atoms with E-state index in [9.17, 15) is 0 Å². The summed E-state index contributed by atoms with van der Waals surface area (Å²) in [4.78, 5) is 9.78. The van der Waals surface area contributed by atoms with Gasteiger partial charge in [-0.25, -0.2) is 0 Å². The standard InChI is InChI=1S/C14H19ClN8/c1-2-23(8-7-15)10-5-3-9(4-6-10)21-22-11-12(16)19-14(18)20-13(11)17/h3-6H,2,7-8H2,1H3,(H6,16,17,18,19,20). The number of hydrogen-bond donors (Lipinski definition) is 3. The van der Waals surface area contributed by atoms with Crippen molar-refractivity contribution in [1.82, 2.24) is 9.97 Å². The van der Waals surface area contributed by atoms with Crippen molar-refractivity contribution in [1.29, 1.82) is 0 Å². The van der Waals surface area contributed by atoms with Crippen molar-refractivity contribution < 1.29 is 0 Å². The molecule has 2 aromatic rings. The summed E-state index contributed by atoms with van der Waals surface area (Å²) in [6, 6.07) is 7.60. The zero-order chi connectivity index (χ0) is 16.8. The number of aromatic nitrogens is 2. The fourth-order valence-corrected chi connectivity index (χ4v) is 2.23. The molecule has 0 spiro atoms. The van der Waals surface area contributed by atoms with Gasteiger partial charge in [-0.05, 0) is 31.2 Å². The van der Waals surface area contributed by atoms with Crippen LogP contribution in [0.3, 0.4) is 0 Å². The van der Waals surface area contributed by atoms with Crippen LogP contribution >= 0.6 is 11.6 Å². The van der Waals surface area contributed by atoms with E-state index >= 15 is 0 Å². The van der Waals surface area contributed by atoms with Crippen LogP contribution in [0.4, 0.5) is 34.6 Å². The van der Waals surface area contributed by atoms with Crippen LogP contribution in [0.15, 0.2) is 34.5 Å². The van der Waals surface area contributed by atoms with E-state index in [-0.39, 0.29) is 23.3 Å². The van der Waals surface area contributed by atoms with Crippen LogP contribution in [0.5, 0.6) is 0 Å². The zero-order valence-corrected chi connectivity index (χ0v) is 13.5. The molecule has 0 radical (unpaired) electrons. The van der Waals surface area contributed by atoms with Crippen LogP contribution in [0.25, 0.3) is 0 Å². The van der Waals surface area contributed by atoms with Gasteiger partial charge in [-0.2, -0.15) is 15.1 Å². The van der Waals surface area contributed by atoms with Crippen LogP contribution in [0, 0.1) is 0 Å². The quantitative estimate of drug-likeness (QED) is 0.549. The van der Waals surface area contributed by atoms with E-state index in [4.69, 9.17) is 28.8 Å². The predicted molar refractivity (Wildman–Crippen MR) is 94.5 cm³/mol. The Morgan fingerprint density at radius 1 is 1.04 bits per heavy atom. The summed E-state index contributed by atoms with van der Waals surface area (Å²) in [6.45, 7) is 3.74. The Morgan fingerprint density at radius 3 is 2.17 bits per heavy atom.